The molecule has 6 N–H and O–H groups in total. The zero-order chi connectivity index (χ0) is 30.4. The molecule has 0 spiro atoms. The molecule has 1 aliphatic heterocycles. The number of nitrogens with two attached hydrogens (primary N) is 2. The second kappa shape index (κ2) is 13.4. The van der Waals surface area contributed by atoms with Crippen molar-refractivity contribution in [1.29, 1.82) is 0 Å². The van der Waals surface area contributed by atoms with Gasteiger partial charge in [-0.25, -0.2) is 5.84 Å². The number of rotatable bonds is 9. The summed E-state index contributed by atoms with van der Waals surface area (Å²) in [7, 11) is 3.81. The fraction of sp³-hybridized carbons (Fsp3) is 0.394. The first-order valence-electron chi connectivity index (χ1n) is 14.4. The van der Waals surface area contributed by atoms with E-state index in [4.69, 9.17) is 16.3 Å². The van der Waals surface area contributed by atoms with Gasteiger partial charge in [0, 0.05) is 47.9 Å². The van der Waals surface area contributed by atoms with Crippen molar-refractivity contribution in [1.82, 2.24) is 15.2 Å². The highest BCUT2D eigenvalue weighted by atomic mass is 16.5. The Morgan fingerprint density at radius 3 is 2.55 bits per heavy atom. The van der Waals surface area contributed by atoms with E-state index in [-0.39, 0.29) is 11.3 Å². The molecule has 3 aromatic rings. The number of amides is 1. The molecule has 1 aromatic heterocycles. The Morgan fingerprint density at radius 2 is 1.90 bits per heavy atom. The molecule has 9 nitrogen and oxygen atoms in total. The van der Waals surface area contributed by atoms with Crippen LogP contribution in [-0.2, 0) is 12.0 Å². The molecule has 9 heteroatoms. The first-order chi connectivity index (χ1) is 20.0. The molecule has 0 unspecified atom stereocenters. The highest BCUT2D eigenvalue weighted by Crippen LogP contribution is 2.36. The molecule has 0 bridgehead atoms. The summed E-state index contributed by atoms with van der Waals surface area (Å²) in [6, 6.07) is 13.8. The van der Waals surface area contributed by atoms with Crippen LogP contribution in [0.4, 0.5) is 11.4 Å². The van der Waals surface area contributed by atoms with E-state index in [1.165, 1.54) is 5.01 Å². The van der Waals surface area contributed by atoms with E-state index in [2.05, 4.69) is 54.4 Å². The van der Waals surface area contributed by atoms with Crippen LogP contribution in [0.5, 0.6) is 5.75 Å². The van der Waals surface area contributed by atoms with Crippen LogP contribution in [0.1, 0.15) is 66.2 Å². The van der Waals surface area contributed by atoms with Gasteiger partial charge in [-0.15, -0.1) is 0 Å². The molecule has 2 heterocycles. The molecule has 42 heavy (non-hydrogen) atoms. The number of likely N-dealkylation sites (tertiary alicyclic amines) is 1. The Hall–Kier alpha value is -3.92. The number of hydrogen-bond donors (Lipinski definition) is 4. The van der Waals surface area contributed by atoms with E-state index in [0.29, 0.717) is 41.0 Å². The monoisotopic (exact) mass is 571 g/mol. The van der Waals surface area contributed by atoms with Crippen LogP contribution in [0.2, 0.25) is 0 Å². The van der Waals surface area contributed by atoms with Gasteiger partial charge >= 0.3 is 0 Å². The third-order valence-electron chi connectivity index (χ3n) is 7.81. The molecule has 4 rings (SSSR count). The third kappa shape index (κ3) is 7.67. The Bertz CT molecular complexity index is 1410. The Kier molecular flexibility index (Phi) is 9.88. The van der Waals surface area contributed by atoms with E-state index in [1.807, 2.05) is 31.2 Å². The van der Waals surface area contributed by atoms with Gasteiger partial charge in [0.15, 0.2) is 0 Å². The van der Waals surface area contributed by atoms with Crippen LogP contribution < -0.4 is 32.0 Å². The van der Waals surface area contributed by atoms with Gasteiger partial charge in [-0.2, -0.15) is 0 Å². The van der Waals surface area contributed by atoms with Crippen LogP contribution in [-0.4, -0.2) is 49.1 Å². The molecule has 1 aliphatic rings. The van der Waals surface area contributed by atoms with Gasteiger partial charge in [-0.3, -0.25) is 14.8 Å². The van der Waals surface area contributed by atoms with Gasteiger partial charge in [0.2, 0.25) is 0 Å². The average Bonchev–Trinajstić information content (AvgIpc) is 2.96. The number of hydrogen-bond acceptors (Lipinski definition) is 8. The molecule has 0 atom stereocenters. The Morgan fingerprint density at radius 1 is 1.17 bits per heavy atom. The van der Waals surface area contributed by atoms with Crippen molar-refractivity contribution in [3.05, 3.63) is 88.9 Å². The summed E-state index contributed by atoms with van der Waals surface area (Å²) in [6.07, 6.45) is 7.20. The number of ether oxygens (including phenoxy) is 1. The molecule has 1 saturated heterocycles. The molecule has 1 fully saturated rings. The van der Waals surface area contributed by atoms with Crippen LogP contribution in [0, 0.1) is 6.92 Å². The Balaban J connectivity index is 1.59. The number of aromatic nitrogens is 1. The quantitative estimate of drug-likeness (QED) is 0.214. The summed E-state index contributed by atoms with van der Waals surface area (Å²) in [4.78, 5) is 20.1. The molecule has 224 valence electrons. The number of benzene rings is 2. The lowest BCUT2D eigenvalue weighted by Gasteiger charge is -2.30. The molecule has 0 radical (unpaired) electrons. The maximum Gasteiger partial charge on any atom is 0.255 e. The zero-order valence-electron chi connectivity index (χ0n) is 25.7. The number of carbonyl (C=O) groups is 1. The summed E-state index contributed by atoms with van der Waals surface area (Å²) in [5.41, 5.74) is 12.2. The minimum atomic E-state index is -0.257. The number of carbonyl (C=O) groups excluding carboxylic acids is 1. The summed E-state index contributed by atoms with van der Waals surface area (Å²) in [5.74, 6) is 6.79. The van der Waals surface area contributed by atoms with E-state index in [9.17, 15) is 4.79 Å². The lowest BCUT2D eigenvalue weighted by Crippen LogP contribution is -2.40. The van der Waals surface area contributed by atoms with Crippen molar-refractivity contribution in [3.63, 3.8) is 0 Å². The number of nitrogens with one attached hydrogen (secondary N) is 2. The van der Waals surface area contributed by atoms with Crippen molar-refractivity contribution < 1.29 is 9.53 Å². The normalized spacial score (nSPS) is 15.0. The van der Waals surface area contributed by atoms with Crippen molar-refractivity contribution in [2.45, 2.75) is 58.5 Å². The lowest BCUT2D eigenvalue weighted by atomic mass is 9.85. The first-order valence-corrected chi connectivity index (χ1v) is 14.4. The Labute approximate surface area is 249 Å². The number of methoxy groups -OCH3 is 1. The number of piperidine rings is 1. The number of anilines is 2. The van der Waals surface area contributed by atoms with Crippen molar-refractivity contribution in [2.24, 2.45) is 11.6 Å². The topological polar surface area (TPSA) is 122 Å². The fourth-order valence-electron chi connectivity index (χ4n) is 5.10. The number of pyridine rings is 1. The van der Waals surface area contributed by atoms with Gasteiger partial charge in [-0.1, -0.05) is 32.9 Å². The van der Waals surface area contributed by atoms with E-state index >= 15 is 0 Å². The number of hydrazine groups is 1. The second-order valence-corrected chi connectivity index (χ2v) is 12.1. The summed E-state index contributed by atoms with van der Waals surface area (Å²) in [5, 5.41) is 8.27. The fourth-order valence-corrected chi connectivity index (χ4v) is 5.10. The minimum Gasteiger partial charge on any atom is -0.494 e. The van der Waals surface area contributed by atoms with Crippen molar-refractivity contribution >= 4 is 23.0 Å². The largest absolute Gasteiger partial charge is 0.494 e. The predicted molar refractivity (Wildman–Crippen MR) is 171 cm³/mol. The van der Waals surface area contributed by atoms with E-state index in [1.54, 1.807) is 37.8 Å². The van der Waals surface area contributed by atoms with Gasteiger partial charge in [0.1, 0.15) is 5.75 Å². The first kappa shape index (κ1) is 31.0. The van der Waals surface area contributed by atoms with Crippen LogP contribution in [0.25, 0.3) is 5.70 Å². The van der Waals surface area contributed by atoms with Gasteiger partial charge in [0.05, 0.1) is 24.2 Å². The smallest absolute Gasteiger partial charge is 0.255 e. The standard InChI is InChI=1S/C33H45N7O2/c1-22-9-10-23(17-30(22)40(35)21-28(34)24-8-7-13-36-19-24)32(41)38-29-18-26(33(2,3)4)16-25(31(29)42-6)20-37-27-11-14-39(5)15-12-27/h7-10,13,16-19,21,27,37H,11-12,14-15,20,34-35H2,1-6H3,(H,38,41)/b28-21-. The molecule has 2 aromatic carbocycles. The van der Waals surface area contributed by atoms with E-state index < -0.39 is 0 Å². The molecule has 1 amide bonds. The van der Waals surface area contributed by atoms with Crippen molar-refractivity contribution in [2.75, 3.05) is 37.6 Å². The molecular weight excluding hydrogens is 526 g/mol. The SMILES string of the molecule is COc1c(CNC2CCN(C)CC2)cc(C(C)(C)C)cc1NC(=O)c1ccc(C)c(N(N)/C=C(\N)c2cccnc2)c1. The number of aryl methyl sites for hydroxylation is 1. The predicted octanol–water partition coefficient (Wildman–Crippen LogP) is 4.77. The molecular formula is C33H45N7O2. The van der Waals surface area contributed by atoms with Gasteiger partial charge < -0.3 is 26.0 Å². The van der Waals surface area contributed by atoms with Gasteiger partial charge in [0.25, 0.3) is 5.91 Å². The second-order valence-electron chi connectivity index (χ2n) is 12.1. The van der Waals surface area contributed by atoms with Crippen molar-refractivity contribution in [3.8, 4) is 5.75 Å². The molecule has 0 aliphatic carbocycles. The number of nitrogens with zero attached hydrogens (tertiary/aromatic N) is 3. The molecule has 0 saturated carbocycles. The maximum absolute atomic E-state index is 13.6. The summed E-state index contributed by atoms with van der Waals surface area (Å²) < 4.78 is 5.89. The van der Waals surface area contributed by atoms with Crippen LogP contribution in [0.3, 0.4) is 0 Å². The average molecular weight is 572 g/mol. The van der Waals surface area contributed by atoms with Crippen LogP contribution in [0.15, 0.2) is 61.1 Å². The van der Waals surface area contributed by atoms with Crippen LogP contribution >= 0.6 is 0 Å². The highest BCUT2D eigenvalue weighted by Gasteiger charge is 2.23. The summed E-state index contributed by atoms with van der Waals surface area (Å²) in [6.45, 7) is 11.3. The zero-order valence-corrected chi connectivity index (χ0v) is 25.7. The third-order valence-corrected chi connectivity index (χ3v) is 7.81. The van der Waals surface area contributed by atoms with Gasteiger partial charge in [-0.05, 0) is 86.8 Å². The highest BCUT2D eigenvalue weighted by molar-refractivity contribution is 6.06. The lowest BCUT2D eigenvalue weighted by molar-refractivity contribution is 0.102. The minimum absolute atomic E-state index is 0.119. The maximum atomic E-state index is 13.6. The summed E-state index contributed by atoms with van der Waals surface area (Å²) >= 11 is 0. The van der Waals surface area contributed by atoms with E-state index in [0.717, 1.165) is 48.2 Å².